The molecule has 0 radical (unpaired) electrons. The van der Waals surface area contributed by atoms with E-state index < -0.39 is 0 Å². The number of hydrogen-bond acceptors (Lipinski definition) is 3. The summed E-state index contributed by atoms with van der Waals surface area (Å²) >= 11 is 0. The first-order valence-electron chi connectivity index (χ1n) is 6.23. The maximum Gasteiger partial charge on any atom is 0.149 e. The van der Waals surface area contributed by atoms with Gasteiger partial charge in [0.15, 0.2) is 0 Å². The highest BCUT2D eigenvalue weighted by molar-refractivity contribution is 5.01. The highest BCUT2D eigenvalue weighted by atomic mass is 16.7. The van der Waals surface area contributed by atoms with E-state index in [1.165, 1.54) is 0 Å². The van der Waals surface area contributed by atoms with Gasteiger partial charge in [0.2, 0.25) is 0 Å². The lowest BCUT2D eigenvalue weighted by atomic mass is 9.83. The van der Waals surface area contributed by atoms with Gasteiger partial charge in [0.05, 0.1) is 0 Å². The van der Waals surface area contributed by atoms with Crippen molar-refractivity contribution in [2.75, 3.05) is 6.79 Å². The lowest BCUT2D eigenvalue weighted by Crippen LogP contribution is -2.53. The first-order chi connectivity index (χ1) is 7.21. The molecule has 0 amide bonds. The molecule has 3 nitrogen and oxygen atoms in total. The van der Waals surface area contributed by atoms with Crippen LogP contribution < -0.4 is 0 Å². The Hall–Kier alpha value is -0.120. The summed E-state index contributed by atoms with van der Waals surface area (Å²) < 4.78 is 11.4. The Balaban J connectivity index is 2.27. The molecule has 3 heteroatoms. The molecule has 0 aliphatic carbocycles. The van der Waals surface area contributed by atoms with E-state index in [1.807, 2.05) is 0 Å². The van der Waals surface area contributed by atoms with Crippen molar-refractivity contribution in [2.24, 2.45) is 5.41 Å². The molecule has 3 atom stereocenters. The summed E-state index contributed by atoms with van der Waals surface area (Å²) in [5, 5.41) is 0. The van der Waals surface area contributed by atoms with Gasteiger partial charge < -0.3 is 9.47 Å². The van der Waals surface area contributed by atoms with Gasteiger partial charge in [0.25, 0.3) is 0 Å². The van der Waals surface area contributed by atoms with Crippen molar-refractivity contribution in [3.05, 3.63) is 0 Å². The quantitative estimate of drug-likeness (QED) is 0.635. The molecule has 0 bridgehead atoms. The van der Waals surface area contributed by atoms with Crippen molar-refractivity contribution in [3.63, 3.8) is 0 Å². The maximum atomic E-state index is 5.75. The maximum absolute atomic E-state index is 5.75. The number of nitrogens with zero attached hydrogens (tertiary/aromatic N) is 1. The fourth-order valence-corrected chi connectivity index (χ4v) is 2.96. The first kappa shape index (κ1) is 12.3. The van der Waals surface area contributed by atoms with Crippen molar-refractivity contribution < 1.29 is 9.47 Å². The molecule has 0 aromatic heterocycles. The molecule has 0 spiro atoms. The Morgan fingerprint density at radius 1 is 1.00 bits per heavy atom. The second-order valence-corrected chi connectivity index (χ2v) is 7.08. The zero-order valence-electron chi connectivity index (χ0n) is 11.4. The zero-order valence-corrected chi connectivity index (χ0v) is 11.4. The third kappa shape index (κ3) is 2.01. The van der Waals surface area contributed by atoms with E-state index >= 15 is 0 Å². The monoisotopic (exact) mass is 227 g/mol. The van der Waals surface area contributed by atoms with Crippen molar-refractivity contribution in [2.45, 2.75) is 71.9 Å². The van der Waals surface area contributed by atoms with Gasteiger partial charge in [-0.2, -0.15) is 0 Å². The minimum absolute atomic E-state index is 0.130. The Morgan fingerprint density at radius 2 is 1.62 bits per heavy atom. The first-order valence-corrected chi connectivity index (χ1v) is 6.23. The van der Waals surface area contributed by atoms with Crippen LogP contribution in [0, 0.1) is 5.41 Å². The highest BCUT2D eigenvalue weighted by Crippen LogP contribution is 2.43. The molecule has 2 aliphatic rings. The van der Waals surface area contributed by atoms with Crippen LogP contribution in [0.4, 0.5) is 0 Å². The number of rotatable bonds is 0. The normalized spacial score (nSPS) is 36.8. The molecule has 2 saturated heterocycles. The van der Waals surface area contributed by atoms with Crippen LogP contribution in [0.25, 0.3) is 0 Å². The van der Waals surface area contributed by atoms with Crippen LogP contribution in [0.2, 0.25) is 0 Å². The van der Waals surface area contributed by atoms with E-state index in [9.17, 15) is 0 Å². The number of likely N-dealkylation sites (tertiary alicyclic amines) is 1. The van der Waals surface area contributed by atoms with E-state index in [4.69, 9.17) is 9.47 Å². The molecule has 2 aliphatic heterocycles. The Bertz CT molecular complexity index is 264. The number of ether oxygens (including phenoxy) is 2. The van der Waals surface area contributed by atoms with E-state index in [0.717, 1.165) is 6.42 Å². The van der Waals surface area contributed by atoms with Crippen LogP contribution >= 0.6 is 0 Å². The second-order valence-electron chi connectivity index (χ2n) is 7.08. The van der Waals surface area contributed by atoms with Gasteiger partial charge in [-0.3, -0.25) is 4.90 Å². The van der Waals surface area contributed by atoms with Crippen LogP contribution in [0.3, 0.4) is 0 Å². The molecule has 0 aromatic carbocycles. The van der Waals surface area contributed by atoms with Gasteiger partial charge in [0, 0.05) is 11.6 Å². The van der Waals surface area contributed by atoms with Crippen LogP contribution in [0.5, 0.6) is 0 Å². The van der Waals surface area contributed by atoms with Gasteiger partial charge in [-0.25, -0.2) is 0 Å². The summed E-state index contributed by atoms with van der Waals surface area (Å²) in [6.07, 6.45) is 1.51. The smallest absolute Gasteiger partial charge is 0.149 e. The number of fused-ring (bicyclic) bond motifs is 1. The minimum atomic E-state index is 0.130. The van der Waals surface area contributed by atoms with E-state index in [1.54, 1.807) is 0 Å². The summed E-state index contributed by atoms with van der Waals surface area (Å²) in [7, 11) is 0. The van der Waals surface area contributed by atoms with Crippen LogP contribution in [0.1, 0.15) is 48.0 Å². The minimum Gasteiger partial charge on any atom is -0.348 e. The molecule has 3 unspecified atom stereocenters. The fraction of sp³-hybridized carbons (Fsp3) is 1.00. The molecule has 0 N–H and O–H groups in total. The summed E-state index contributed by atoms with van der Waals surface area (Å²) in [4.78, 5) is 2.50. The average molecular weight is 227 g/mol. The summed E-state index contributed by atoms with van der Waals surface area (Å²) in [6, 6.07) is 0.530. The highest BCUT2D eigenvalue weighted by Gasteiger charge is 2.53. The van der Waals surface area contributed by atoms with E-state index in [2.05, 4.69) is 46.4 Å². The predicted octanol–water partition coefficient (Wildman–Crippen LogP) is 2.60. The number of hydrogen-bond donors (Lipinski definition) is 0. The van der Waals surface area contributed by atoms with E-state index in [-0.39, 0.29) is 23.3 Å². The lowest BCUT2D eigenvalue weighted by molar-refractivity contribution is -0.0913. The van der Waals surface area contributed by atoms with Crippen molar-refractivity contribution in [3.8, 4) is 0 Å². The third-order valence-electron chi connectivity index (χ3n) is 3.68. The zero-order chi connectivity index (χ0) is 12.1. The van der Waals surface area contributed by atoms with Gasteiger partial charge in [-0.05, 0) is 32.6 Å². The van der Waals surface area contributed by atoms with Crippen LogP contribution in [0.15, 0.2) is 0 Å². The predicted molar refractivity (Wildman–Crippen MR) is 64.1 cm³/mol. The van der Waals surface area contributed by atoms with Gasteiger partial charge in [-0.1, -0.05) is 20.8 Å². The summed E-state index contributed by atoms with van der Waals surface area (Å²) in [6.45, 7) is 14.1. The standard InChI is InChI=1S/C13H25NO2/c1-12(2,3)10-7-9-11(16-8-15-9)14(10)13(4,5)6/h9-11H,7-8H2,1-6H3. The van der Waals surface area contributed by atoms with Crippen LogP contribution in [-0.4, -0.2) is 35.6 Å². The molecule has 2 rings (SSSR count). The van der Waals surface area contributed by atoms with Crippen molar-refractivity contribution in [1.29, 1.82) is 0 Å². The Morgan fingerprint density at radius 3 is 2.12 bits per heavy atom. The largest absolute Gasteiger partial charge is 0.348 e. The summed E-state index contributed by atoms with van der Waals surface area (Å²) in [5.74, 6) is 0. The third-order valence-corrected chi connectivity index (χ3v) is 3.68. The lowest BCUT2D eigenvalue weighted by Gasteiger charge is -2.44. The van der Waals surface area contributed by atoms with Gasteiger partial charge >= 0.3 is 0 Å². The molecular weight excluding hydrogens is 202 g/mol. The topological polar surface area (TPSA) is 21.7 Å². The van der Waals surface area contributed by atoms with Gasteiger partial charge in [-0.15, -0.1) is 0 Å². The molecule has 2 fully saturated rings. The van der Waals surface area contributed by atoms with Crippen molar-refractivity contribution >= 4 is 0 Å². The van der Waals surface area contributed by atoms with Crippen molar-refractivity contribution in [1.82, 2.24) is 4.90 Å². The Labute approximate surface area is 99.1 Å². The molecule has 94 valence electrons. The van der Waals surface area contributed by atoms with Crippen LogP contribution in [-0.2, 0) is 9.47 Å². The second kappa shape index (κ2) is 3.69. The molecular formula is C13H25NO2. The Kier molecular flexibility index (Phi) is 2.84. The van der Waals surface area contributed by atoms with Gasteiger partial charge in [0.1, 0.15) is 19.1 Å². The summed E-state index contributed by atoms with van der Waals surface area (Å²) in [5.41, 5.74) is 0.398. The fourth-order valence-electron chi connectivity index (χ4n) is 2.96. The SMILES string of the molecule is CC(C)(C)C1CC2OCOC2N1C(C)(C)C. The molecule has 2 heterocycles. The molecule has 16 heavy (non-hydrogen) atoms. The molecule has 0 aromatic rings. The molecule has 0 saturated carbocycles. The van der Waals surface area contributed by atoms with E-state index in [0.29, 0.717) is 12.8 Å². The average Bonchev–Trinajstić information content (AvgIpc) is 2.53.